The van der Waals surface area contributed by atoms with Gasteiger partial charge in [0.2, 0.25) is 5.79 Å². The van der Waals surface area contributed by atoms with Crippen molar-refractivity contribution in [3.63, 3.8) is 0 Å². The van der Waals surface area contributed by atoms with E-state index in [0.717, 1.165) is 71.0 Å². The van der Waals surface area contributed by atoms with Crippen LogP contribution in [0.15, 0.2) is 66.2 Å². The van der Waals surface area contributed by atoms with Crippen LogP contribution in [-0.2, 0) is 21.8 Å². The van der Waals surface area contributed by atoms with Gasteiger partial charge in [-0.25, -0.2) is 23.7 Å². The maximum Gasteiger partial charge on any atom is 0.350 e. The number of ether oxygens (including phenoxy) is 3. The van der Waals surface area contributed by atoms with Gasteiger partial charge in [0.15, 0.2) is 0 Å². The zero-order valence-corrected chi connectivity index (χ0v) is 35.9. The highest BCUT2D eigenvalue weighted by Gasteiger charge is 2.50. The summed E-state index contributed by atoms with van der Waals surface area (Å²) >= 11 is 13.3. The van der Waals surface area contributed by atoms with Crippen molar-refractivity contribution in [2.45, 2.75) is 105 Å². The lowest BCUT2D eigenvalue weighted by Gasteiger charge is -2.43. The first-order valence-electron chi connectivity index (χ1n) is 19.9. The van der Waals surface area contributed by atoms with Crippen molar-refractivity contribution in [2.75, 3.05) is 36.0 Å². The number of benzene rings is 3. The van der Waals surface area contributed by atoms with Crippen LogP contribution in [0.3, 0.4) is 0 Å². The van der Waals surface area contributed by atoms with E-state index in [0.29, 0.717) is 16.0 Å². The first-order chi connectivity index (χ1) is 27.2. The summed E-state index contributed by atoms with van der Waals surface area (Å²) < 4.78 is 24.9. The van der Waals surface area contributed by atoms with Crippen molar-refractivity contribution in [3.05, 3.63) is 110 Å². The second-order valence-corrected chi connectivity index (χ2v) is 16.8. The lowest BCUT2D eigenvalue weighted by Crippen LogP contribution is -2.52. The van der Waals surface area contributed by atoms with Crippen LogP contribution in [0.25, 0.3) is 5.69 Å². The summed E-state index contributed by atoms with van der Waals surface area (Å²) in [5.74, 6) is -0.103. The fourth-order valence-electron chi connectivity index (χ4n) is 8.52. The molecule has 0 spiro atoms. The lowest BCUT2D eigenvalue weighted by atomic mass is 9.96. The standard InChI is InChI=1S/C43H54Cl2N8O4.276H2/c1-10-37(26(2)3)53-42(54)52(25-48-53)34-11-13-38(27(4)17-34)49-15-16-51(29(6)20-49)33-12-14-39(28(5)18-33)55-21-40-32(9)56-43(57-40,22-50-24-46-23-47-50)41-31(8)30(7)35(44)19-36(41)45;;;;;;;;;;;;;;;;;;;;;;;;;;;;;;;;;;;;;;;;;;;;;;;;;;;;;;;;;;;;;;;;;;;;;;;;;;;;;;;;;;;;;;;;;;;;;;;;;;;;;;;;;;;;;;;;;;;;;;;;;;;;;;;;;;;;;;;;;;;;;;;;;;;;;;;;;;;;;;;;;;;;;;;;;;;;;;;;;;;;;;;;;;;;;;;;;;;;;;;;;;;;;;;;;;;;;;;;;;;;;;;;;;;;;;;;;;;;;;;;;;;;;;;;;;;;;;;;;;;;;;;;;;;;;;;;;;;;/h11-14,17-19,23-26,29,32,37,40H,10,15-16,20-22H2,1-9H3;276*1H/t29?,32?,37?,40-,43-;;;;;;;;;;;;;;;;;;;;;;;;;;;;;;;;;;;;;;;;;;;;;;;;;;;;;;;;;;;;;;;;;;;;;;;;;;;;;;;;;;;;;;;;;;;;;;;;;;;;;;;;;;;;;;;;;;;;;;;;;;;;;;;;;;;;;;;;;;;;;;;;;;;;;;;;;;;;;;;;;;;;;;;;;;;;;;;;;;;;;;;;;;;;;;;;;;;;;;;;;;;;;;;;;;;;;;;;;;;;;;;;;;;;;;;;;;;;;;;;;;;;;;;;;;;;;;;;;;;;;;;;;;;;;;;;;;;;/m1..................................................................................................................................................................................................................................................................................../s1. The quantitative estimate of drug-likeness (QED) is 0.121. The molecule has 2 aromatic heterocycles. The average Bonchev–Trinajstić information content (AvgIpc) is 3.89. The topological polar surface area (TPSA) is 105 Å². The molecule has 3 aromatic carbocycles. The van der Waals surface area contributed by atoms with E-state index in [1.807, 2.05) is 32.9 Å². The molecule has 856 valence electrons. The van der Waals surface area contributed by atoms with Crippen molar-refractivity contribution in [2.24, 2.45) is 5.92 Å². The Balaban J connectivity index is -0.000000000537. The third-order valence-electron chi connectivity index (χ3n) is 11.8. The predicted octanol–water partition coefficient (Wildman–Crippen LogP) is 76.1. The van der Waals surface area contributed by atoms with Crippen molar-refractivity contribution >= 4 is 34.6 Å². The summed E-state index contributed by atoms with van der Waals surface area (Å²) in [7, 11) is 0. The van der Waals surface area contributed by atoms with E-state index < -0.39 is 5.79 Å². The van der Waals surface area contributed by atoms with Gasteiger partial charge in [0.05, 0.1) is 22.9 Å². The van der Waals surface area contributed by atoms with Gasteiger partial charge >= 0.3 is 5.69 Å². The number of piperazine rings is 1. The Morgan fingerprint density at radius 2 is 1.68 bits per heavy atom. The average molecular weight is 1370 g/mol. The third kappa shape index (κ3) is 7.93. The fourth-order valence-corrected chi connectivity index (χ4v) is 9.22. The second kappa shape index (κ2) is 16.5. The minimum atomic E-state index is -1.22. The predicted molar refractivity (Wildman–Crippen MR) is 809 cm³/mol. The summed E-state index contributed by atoms with van der Waals surface area (Å²) in [5, 5.41) is 9.86. The Morgan fingerprint density at radius 3 is 2.35 bits per heavy atom. The highest BCUT2D eigenvalue weighted by Crippen LogP contribution is 2.46. The van der Waals surface area contributed by atoms with Gasteiger partial charge in [-0.2, -0.15) is 10.2 Å². The van der Waals surface area contributed by atoms with Gasteiger partial charge in [0.25, 0.3) is 0 Å². The molecule has 5 atom stereocenters. The minimum Gasteiger partial charge on any atom is -0.490 e. The summed E-state index contributed by atoms with van der Waals surface area (Å²) in [5.41, 5.74) is 7.78. The van der Waals surface area contributed by atoms with Gasteiger partial charge in [-0.1, -0.05) is 44.0 Å². The van der Waals surface area contributed by atoms with Crippen LogP contribution in [0.2, 0.25) is 10.0 Å². The van der Waals surface area contributed by atoms with E-state index in [1.54, 1.807) is 32.7 Å². The van der Waals surface area contributed by atoms with E-state index in [9.17, 15) is 4.79 Å². The molecule has 0 aliphatic carbocycles. The molecule has 2 aliphatic heterocycles. The molecule has 0 saturated carbocycles. The zero-order chi connectivity index (χ0) is 40.8. The van der Waals surface area contributed by atoms with Gasteiger partial charge in [0, 0.05) is 441 Å². The molecule has 0 N–H and O–H groups in total. The van der Waals surface area contributed by atoms with Gasteiger partial charge in [-0.3, -0.25) is 0 Å². The first kappa shape index (κ1) is 40.8. The van der Waals surface area contributed by atoms with Crippen LogP contribution in [-0.4, -0.2) is 73.6 Å². The van der Waals surface area contributed by atoms with E-state index in [1.165, 1.54) is 12.0 Å². The van der Waals surface area contributed by atoms with Gasteiger partial charge in [-0.05, 0) is 119 Å². The summed E-state index contributed by atoms with van der Waals surface area (Å²) in [6.45, 7) is 21.9. The molecule has 14 heteroatoms. The molecule has 2 saturated heterocycles. The fraction of sp³-hybridized carbons (Fsp3) is 0.488. The maximum atomic E-state index is 13.3. The molecule has 0 bridgehead atoms. The Bertz CT molecular complexity index is 2490. The first-order valence-corrected chi connectivity index (χ1v) is 20.6. The van der Waals surface area contributed by atoms with Gasteiger partial charge < -0.3 is 24.0 Å². The number of anilines is 2. The zero-order valence-electron chi connectivity index (χ0n) is 34.4. The summed E-state index contributed by atoms with van der Waals surface area (Å²) in [4.78, 5) is 22.3. The molecule has 5 aromatic rings. The van der Waals surface area contributed by atoms with Crippen molar-refractivity contribution < 1.29 is 408 Å². The normalized spacial score (nSPS) is 21.8. The highest BCUT2D eigenvalue weighted by molar-refractivity contribution is 6.35. The number of halogens is 2. The van der Waals surface area contributed by atoms with Crippen LogP contribution in [0, 0.1) is 33.6 Å². The molecular weight excluding hydrogens is 763 g/mol. The highest BCUT2D eigenvalue weighted by atomic mass is 35.5. The van der Waals surface area contributed by atoms with E-state index in [2.05, 4.69) is 90.8 Å². The number of aromatic nitrogens is 6. The molecular formula is C43H606Cl2N8O4. The molecule has 7 rings (SSSR count). The molecule has 3 unspecified atom stereocenters. The largest absolute Gasteiger partial charge is 0.490 e. The number of hydrogen-bond acceptors (Lipinski definition) is 9. The molecule has 57 heavy (non-hydrogen) atoms. The maximum absolute atomic E-state index is 13.3. The van der Waals surface area contributed by atoms with E-state index in [4.69, 9.17) is 37.4 Å². The Morgan fingerprint density at radius 1 is 0.930 bits per heavy atom. The van der Waals surface area contributed by atoms with Crippen molar-refractivity contribution in [1.29, 1.82) is 0 Å². The van der Waals surface area contributed by atoms with Crippen LogP contribution >= 0.6 is 23.2 Å². The van der Waals surface area contributed by atoms with Gasteiger partial charge in [-0.15, -0.1) is 0 Å². The molecule has 4 heterocycles. The summed E-state index contributed by atoms with van der Waals surface area (Å²) in [6, 6.07) is 14.7. The number of nitrogens with zero attached hydrogens (tertiary/aromatic N) is 8. The Labute approximate surface area is 755 Å². The van der Waals surface area contributed by atoms with Crippen LogP contribution in [0.5, 0.6) is 5.75 Å². The lowest BCUT2D eigenvalue weighted by molar-refractivity contribution is -0.196. The minimum absolute atomic E-state index is 0. The van der Waals surface area contributed by atoms with Crippen LogP contribution in [0.1, 0.15) is 469 Å². The van der Waals surface area contributed by atoms with Crippen molar-refractivity contribution in [3.8, 4) is 11.4 Å². The van der Waals surface area contributed by atoms with E-state index in [-0.39, 0.29) is 437 Å². The van der Waals surface area contributed by atoms with Crippen LogP contribution in [0.4, 0.5) is 11.4 Å². The van der Waals surface area contributed by atoms with Gasteiger partial charge in [0.1, 0.15) is 44.0 Å². The van der Waals surface area contributed by atoms with E-state index >= 15 is 0 Å². The molecule has 0 radical (unpaired) electrons. The monoisotopic (exact) mass is 1370 g/mol. The third-order valence-corrected chi connectivity index (χ3v) is 12.5. The number of hydrogen-bond donors (Lipinski definition) is 0. The Hall–Kier alpha value is -4.36. The molecule has 12 nitrogen and oxygen atoms in total. The molecule has 2 aliphatic rings. The number of aryl methyl sites for hydroxylation is 2. The Kier molecular flexibility index (Phi) is 11.8. The molecule has 2 fully saturated rings. The molecule has 0 amide bonds. The van der Waals surface area contributed by atoms with Crippen LogP contribution < -0.4 is 20.2 Å². The summed E-state index contributed by atoms with van der Waals surface area (Å²) in [6.07, 6.45) is 4.93. The SMILES string of the molecule is CCC(C(C)C)n1ncn(-c2ccc(N3CCN(c4ccc(OC[C@H]5O[C@](Cn6cncn6)(c6c(Cl)cc(Cl)c(C)c6C)OC5C)c(C)c4)C(C)C3)c(C)c2)c1=O.[HH].[HH].[HH].[HH].[HH].[HH].[HH].[HH].[HH].[HH].[HH].[HH].[HH].[HH].[HH].[HH].[HH].[HH].[HH].[HH].[HH].[HH].[HH].[HH].[HH].[HH].[HH].[HH].[HH].[HH].[HH].[HH].[HH].[HH].[HH].[HH].[HH].[HH].[HH].[HH].[HH].[HH].[HH].[HH].[HH].[HH].[HH].[HH].[HH].[HH].[HH].[HH].[HH].[HH].[HH].[HH].[HH].[HH].[HH].[HH].[HH].[HH].[HH].[HH].[HH].[HH].[HH].[HH].[HH].[HH].[HH].[HH].[HH].[HH].[HH].[HH].[HH].[HH].[HH].[HH].[HH].[HH].[HH].[HH].[HH].[HH].[HH].[HH].[HH].[HH].[HH].[HH].[HH].[HH].[HH].[HH].[HH].[HH].[HH].[HH].[HH].[HH].[HH].[HH].[HH].[HH].[HH].[HH].[HH].[HH].[HH].[HH].[HH].[HH].[HH].[HH].[HH].[HH].[HH].[HH].[HH].[HH].[HH].[HH].[HH].[HH].[HH].[HH].[HH].[HH].[HH].[HH].[HH].[HH].[HH].[HH].[HH].[HH].[HH].[HH].[HH].[HH].[HH].[HH].[HH].[HH].[HH].[HH].[HH].[HH].[HH].[HH].[HH].[HH].[HH].[HH].[HH].[HH].[HH].[HH].[HH].[HH].[HH].[HH].[HH].[HH].[HH].[HH].[HH].[HH].[HH].[HH].[HH].[HH].[HH].[HH].[HH].[HH].[HH].[HH].[HH].[HH].[HH].[HH].[HH].[HH].[HH].[HH].[HH].[HH].[HH].[HH].[HH].[HH].[HH].[HH].[HH].[HH].[HH].[HH].[HH].[HH].[HH].[HH].[HH].[HH].[HH].[HH].[HH].[HH].[HH].[HH].[HH].[HH].[HH].[HH].[HH].[HH].[HH].[HH].[HH].[HH].[HH].[HH].[HH].[HH].[HH].[HH].[HH].[HH].[HH].[HH].[HH].[HH].[HH].[HH].[HH].[HH].[HH].[HH].[HH].[HH].[HH].[HH].[HH].[HH].[HH].[HH].[HH].[HH].[HH].[HH].[HH].[HH].[HH].[HH].[HH].[HH].[HH].[HH].[HH].[HH].[HH].[HH].[HH].[HH].[HH].[HH].[HH].[HH].[HH].[HH].[HH].[HH].[HH].[HH]. The number of rotatable bonds is 12. The smallest absolute Gasteiger partial charge is 0.350 e. The van der Waals surface area contributed by atoms with Crippen molar-refractivity contribution in [1.82, 2.24) is 29.1 Å². The second-order valence-electron chi connectivity index (χ2n) is 16.0.